The summed E-state index contributed by atoms with van der Waals surface area (Å²) in [5.41, 5.74) is 1.25. The molecule has 1 saturated carbocycles. The van der Waals surface area contributed by atoms with E-state index in [0.717, 1.165) is 19.3 Å². The van der Waals surface area contributed by atoms with E-state index >= 15 is 0 Å². The number of methoxy groups -OCH3 is 1. The highest BCUT2D eigenvalue weighted by molar-refractivity contribution is 5.94. The second kappa shape index (κ2) is 5.65. The summed E-state index contributed by atoms with van der Waals surface area (Å²) in [6.45, 7) is 0. The van der Waals surface area contributed by atoms with E-state index in [-0.39, 0.29) is 22.8 Å². The summed E-state index contributed by atoms with van der Waals surface area (Å²) in [5, 5.41) is 15.3. The van der Waals surface area contributed by atoms with Crippen molar-refractivity contribution in [3.63, 3.8) is 0 Å². The molecule has 2 atom stereocenters. The Balaban J connectivity index is 2.02. The summed E-state index contributed by atoms with van der Waals surface area (Å²) in [6, 6.07) is 7.10. The second-order valence-corrected chi connectivity index (χ2v) is 5.24. The lowest BCUT2D eigenvalue weighted by Gasteiger charge is -2.21. The maximum atomic E-state index is 11.5. The zero-order chi connectivity index (χ0) is 14.8. The summed E-state index contributed by atoms with van der Waals surface area (Å²) < 4.78 is 5.44. The van der Waals surface area contributed by atoms with E-state index in [1.165, 1.54) is 0 Å². The number of hydrogen-bond acceptors (Lipinski definition) is 5. The minimum atomic E-state index is -0.344. The fourth-order valence-electron chi connectivity index (χ4n) is 3.02. The number of pyridine rings is 1. The van der Waals surface area contributed by atoms with E-state index in [4.69, 9.17) is 4.74 Å². The number of rotatable bonds is 4. The fourth-order valence-corrected chi connectivity index (χ4v) is 3.02. The Morgan fingerprint density at radius 2 is 2.24 bits per heavy atom. The predicted molar refractivity (Wildman–Crippen MR) is 80.5 cm³/mol. The second-order valence-electron chi connectivity index (χ2n) is 5.24. The molecule has 2 unspecified atom stereocenters. The number of hydrogen-bond donors (Lipinski definition) is 1. The first-order chi connectivity index (χ1) is 10.2. The van der Waals surface area contributed by atoms with Crippen LogP contribution < -0.4 is 5.32 Å². The molecule has 1 N–H and O–H groups in total. The molecule has 1 fully saturated rings. The van der Waals surface area contributed by atoms with Gasteiger partial charge in [-0.25, -0.2) is 0 Å². The summed E-state index contributed by atoms with van der Waals surface area (Å²) >= 11 is 0. The minimum absolute atomic E-state index is 0.0855. The summed E-state index contributed by atoms with van der Waals surface area (Å²) in [7, 11) is 1.68. The van der Waals surface area contributed by atoms with Crippen LogP contribution in [0.4, 0.5) is 11.4 Å². The van der Waals surface area contributed by atoms with Gasteiger partial charge in [0.15, 0.2) is 0 Å². The van der Waals surface area contributed by atoms with Crippen molar-refractivity contribution in [2.24, 2.45) is 0 Å². The van der Waals surface area contributed by atoms with Gasteiger partial charge in [0, 0.05) is 13.3 Å². The first-order valence-corrected chi connectivity index (χ1v) is 7.02. The fraction of sp³-hybridized carbons (Fsp3) is 0.400. The highest BCUT2D eigenvalue weighted by Crippen LogP contribution is 2.35. The first kappa shape index (κ1) is 13.8. The molecule has 21 heavy (non-hydrogen) atoms. The average Bonchev–Trinajstić information content (AvgIpc) is 2.93. The number of benzene rings is 1. The van der Waals surface area contributed by atoms with Crippen LogP contribution in [0.1, 0.15) is 19.3 Å². The van der Waals surface area contributed by atoms with Crippen LogP contribution in [-0.4, -0.2) is 29.2 Å². The van der Waals surface area contributed by atoms with Gasteiger partial charge in [0.1, 0.15) is 5.69 Å². The van der Waals surface area contributed by atoms with Crippen molar-refractivity contribution in [3.8, 4) is 0 Å². The molecule has 0 saturated heterocycles. The van der Waals surface area contributed by atoms with Crippen LogP contribution in [0.25, 0.3) is 10.9 Å². The maximum Gasteiger partial charge on any atom is 0.301 e. The molecule has 110 valence electrons. The van der Waals surface area contributed by atoms with E-state index in [1.54, 1.807) is 37.6 Å². The Morgan fingerprint density at radius 1 is 1.38 bits per heavy atom. The molecule has 0 amide bonds. The predicted octanol–water partition coefficient (Wildman–Crippen LogP) is 3.12. The van der Waals surface area contributed by atoms with Crippen molar-refractivity contribution in [2.45, 2.75) is 31.4 Å². The molecule has 1 aromatic carbocycles. The van der Waals surface area contributed by atoms with E-state index in [0.29, 0.717) is 16.6 Å². The van der Waals surface area contributed by atoms with E-state index in [1.807, 2.05) is 0 Å². The third-order valence-electron chi connectivity index (χ3n) is 4.04. The molecule has 1 heterocycles. The lowest BCUT2D eigenvalue weighted by molar-refractivity contribution is -0.382. The standard InChI is InChI=1S/C15H17N3O3/c1-21-14-6-2-5-12(14)17-13-8-7-11-10(4-3-9-16-11)15(13)18(19)20/h3-4,7-9,12,14,17H,2,5-6H2,1H3. The molecule has 0 bridgehead atoms. The number of nitrogens with one attached hydrogen (secondary N) is 1. The molecule has 0 aliphatic heterocycles. The molecule has 2 aromatic rings. The number of nitro groups is 1. The SMILES string of the molecule is COC1CCCC1Nc1ccc2ncccc2c1[N+](=O)[O-]. The van der Waals surface area contributed by atoms with Crippen LogP contribution in [0.2, 0.25) is 0 Å². The van der Waals surface area contributed by atoms with Gasteiger partial charge < -0.3 is 10.1 Å². The Morgan fingerprint density at radius 3 is 3.00 bits per heavy atom. The molecule has 1 aliphatic carbocycles. The molecule has 6 nitrogen and oxygen atoms in total. The minimum Gasteiger partial charge on any atom is -0.379 e. The molecular formula is C15H17N3O3. The van der Waals surface area contributed by atoms with Crippen LogP contribution in [0.3, 0.4) is 0 Å². The van der Waals surface area contributed by atoms with Crippen LogP contribution in [0, 0.1) is 10.1 Å². The van der Waals surface area contributed by atoms with Gasteiger partial charge in [0.05, 0.1) is 28.0 Å². The zero-order valence-electron chi connectivity index (χ0n) is 11.8. The van der Waals surface area contributed by atoms with Gasteiger partial charge in [-0.05, 0) is 43.5 Å². The van der Waals surface area contributed by atoms with Gasteiger partial charge in [0.2, 0.25) is 0 Å². The van der Waals surface area contributed by atoms with Crippen molar-refractivity contribution in [2.75, 3.05) is 12.4 Å². The van der Waals surface area contributed by atoms with E-state index in [2.05, 4.69) is 10.3 Å². The summed E-state index contributed by atoms with van der Waals surface area (Å²) in [6.07, 6.45) is 4.75. The van der Waals surface area contributed by atoms with Gasteiger partial charge in [-0.2, -0.15) is 0 Å². The van der Waals surface area contributed by atoms with Crippen molar-refractivity contribution in [3.05, 3.63) is 40.6 Å². The number of ether oxygens (including phenoxy) is 1. The highest BCUT2D eigenvalue weighted by atomic mass is 16.6. The highest BCUT2D eigenvalue weighted by Gasteiger charge is 2.29. The molecule has 6 heteroatoms. The Hall–Kier alpha value is -2.21. The average molecular weight is 287 g/mol. The maximum absolute atomic E-state index is 11.5. The van der Waals surface area contributed by atoms with E-state index < -0.39 is 0 Å². The molecule has 1 aliphatic rings. The summed E-state index contributed by atoms with van der Waals surface area (Å²) in [4.78, 5) is 15.3. The van der Waals surface area contributed by atoms with Crippen LogP contribution in [0.5, 0.6) is 0 Å². The van der Waals surface area contributed by atoms with Gasteiger partial charge in [-0.15, -0.1) is 0 Å². The number of anilines is 1. The number of nitro benzene ring substituents is 1. The molecular weight excluding hydrogens is 270 g/mol. The van der Waals surface area contributed by atoms with Crippen molar-refractivity contribution in [1.82, 2.24) is 4.98 Å². The smallest absolute Gasteiger partial charge is 0.301 e. The van der Waals surface area contributed by atoms with Gasteiger partial charge >= 0.3 is 5.69 Å². The lowest BCUT2D eigenvalue weighted by Crippen LogP contribution is -2.30. The normalized spacial score (nSPS) is 21.6. The quantitative estimate of drug-likeness (QED) is 0.690. The van der Waals surface area contributed by atoms with Crippen LogP contribution in [0.15, 0.2) is 30.5 Å². The van der Waals surface area contributed by atoms with Gasteiger partial charge in [-0.1, -0.05) is 0 Å². The Bertz CT molecular complexity index is 674. The topological polar surface area (TPSA) is 77.3 Å². The number of fused-ring (bicyclic) bond motifs is 1. The van der Waals surface area contributed by atoms with Gasteiger partial charge in [-0.3, -0.25) is 15.1 Å². The van der Waals surface area contributed by atoms with E-state index in [9.17, 15) is 10.1 Å². The Kier molecular flexibility index (Phi) is 3.70. The number of nitrogens with zero attached hydrogens (tertiary/aromatic N) is 2. The van der Waals surface area contributed by atoms with Crippen molar-refractivity contribution in [1.29, 1.82) is 0 Å². The van der Waals surface area contributed by atoms with Crippen molar-refractivity contribution >= 4 is 22.3 Å². The first-order valence-electron chi connectivity index (χ1n) is 7.02. The largest absolute Gasteiger partial charge is 0.379 e. The lowest BCUT2D eigenvalue weighted by atomic mass is 10.1. The number of aromatic nitrogens is 1. The third kappa shape index (κ3) is 2.54. The molecule has 0 radical (unpaired) electrons. The van der Waals surface area contributed by atoms with Crippen LogP contribution >= 0.6 is 0 Å². The van der Waals surface area contributed by atoms with Crippen LogP contribution in [-0.2, 0) is 4.74 Å². The van der Waals surface area contributed by atoms with Crippen molar-refractivity contribution < 1.29 is 9.66 Å². The Labute approximate surface area is 122 Å². The zero-order valence-corrected chi connectivity index (χ0v) is 11.8. The molecule has 0 spiro atoms. The third-order valence-corrected chi connectivity index (χ3v) is 4.04. The molecule has 1 aromatic heterocycles. The summed E-state index contributed by atoms with van der Waals surface area (Å²) in [5.74, 6) is 0. The molecule has 3 rings (SSSR count). The monoisotopic (exact) mass is 287 g/mol. The van der Waals surface area contributed by atoms with Gasteiger partial charge in [0.25, 0.3) is 0 Å².